The SMILES string of the molecule is CCOC(=O)[C@@H](CC(C)C)NC(=O)C1=C(C)N=C(C)C(C(=O)OC)[C@@H]1c1cccc([N+](=O)[O-])c1. The van der Waals surface area contributed by atoms with Gasteiger partial charge in [-0.05, 0) is 38.7 Å². The van der Waals surface area contributed by atoms with E-state index in [9.17, 15) is 24.5 Å². The Bertz CT molecular complexity index is 1030. The number of nitro benzene ring substituents is 1. The molecule has 1 aromatic rings. The molecule has 1 unspecified atom stereocenters. The molecular weight excluding hydrogens is 442 g/mol. The fraction of sp³-hybridized carbons (Fsp3) is 0.500. The summed E-state index contributed by atoms with van der Waals surface area (Å²) >= 11 is 0. The van der Waals surface area contributed by atoms with Crippen molar-refractivity contribution in [3.8, 4) is 0 Å². The number of aliphatic imine (C=N–C) groups is 1. The molecule has 2 rings (SSSR count). The topological polar surface area (TPSA) is 137 Å². The highest BCUT2D eigenvalue weighted by atomic mass is 16.6. The molecule has 1 heterocycles. The lowest BCUT2D eigenvalue weighted by Gasteiger charge is -2.32. The van der Waals surface area contributed by atoms with Crippen LogP contribution in [0.15, 0.2) is 40.5 Å². The molecule has 10 heteroatoms. The van der Waals surface area contributed by atoms with Crippen LogP contribution in [0.25, 0.3) is 0 Å². The van der Waals surface area contributed by atoms with E-state index in [0.717, 1.165) is 0 Å². The number of carbonyl (C=O) groups excluding carboxylic acids is 3. The van der Waals surface area contributed by atoms with Crippen LogP contribution in [-0.2, 0) is 23.9 Å². The summed E-state index contributed by atoms with van der Waals surface area (Å²) in [5.74, 6) is -3.56. The first kappa shape index (κ1) is 26.7. The van der Waals surface area contributed by atoms with Gasteiger partial charge in [-0.15, -0.1) is 0 Å². The number of hydrogen-bond acceptors (Lipinski definition) is 8. The molecule has 0 bridgehead atoms. The van der Waals surface area contributed by atoms with E-state index in [2.05, 4.69) is 10.3 Å². The molecule has 1 N–H and O–H groups in total. The summed E-state index contributed by atoms with van der Waals surface area (Å²) in [5.41, 5.74) is 1.11. The number of methoxy groups -OCH3 is 1. The summed E-state index contributed by atoms with van der Waals surface area (Å²) in [6.45, 7) is 8.93. The molecule has 1 aliphatic heterocycles. The molecule has 184 valence electrons. The molecule has 1 aromatic carbocycles. The van der Waals surface area contributed by atoms with Gasteiger partial charge in [0.05, 0.1) is 18.6 Å². The highest BCUT2D eigenvalue weighted by Crippen LogP contribution is 2.40. The van der Waals surface area contributed by atoms with Crippen molar-refractivity contribution in [1.82, 2.24) is 5.32 Å². The van der Waals surface area contributed by atoms with Crippen LogP contribution in [-0.4, -0.2) is 48.2 Å². The number of nitrogens with zero attached hydrogens (tertiary/aromatic N) is 2. The third kappa shape index (κ3) is 6.06. The average molecular weight is 474 g/mol. The van der Waals surface area contributed by atoms with E-state index < -0.39 is 40.6 Å². The predicted molar refractivity (Wildman–Crippen MR) is 125 cm³/mol. The lowest BCUT2D eigenvalue weighted by molar-refractivity contribution is -0.384. The van der Waals surface area contributed by atoms with Crippen molar-refractivity contribution in [2.24, 2.45) is 16.8 Å². The highest BCUT2D eigenvalue weighted by molar-refractivity contribution is 6.08. The zero-order chi connectivity index (χ0) is 25.6. The third-order valence-corrected chi connectivity index (χ3v) is 5.55. The number of carbonyl (C=O) groups is 3. The molecule has 0 saturated carbocycles. The van der Waals surface area contributed by atoms with Gasteiger partial charge in [-0.2, -0.15) is 0 Å². The lowest BCUT2D eigenvalue weighted by Crippen LogP contribution is -2.46. The van der Waals surface area contributed by atoms with Crippen LogP contribution < -0.4 is 5.32 Å². The van der Waals surface area contributed by atoms with Crippen LogP contribution >= 0.6 is 0 Å². The molecule has 0 aliphatic carbocycles. The van der Waals surface area contributed by atoms with E-state index in [-0.39, 0.29) is 23.8 Å². The zero-order valence-electron chi connectivity index (χ0n) is 20.3. The Balaban J connectivity index is 2.60. The maximum absolute atomic E-state index is 13.5. The maximum atomic E-state index is 13.5. The summed E-state index contributed by atoms with van der Waals surface area (Å²) < 4.78 is 10.1. The van der Waals surface area contributed by atoms with Gasteiger partial charge in [0, 0.05) is 35.0 Å². The third-order valence-electron chi connectivity index (χ3n) is 5.55. The number of ether oxygens (including phenoxy) is 2. The number of benzene rings is 1. The first-order valence-electron chi connectivity index (χ1n) is 11.1. The summed E-state index contributed by atoms with van der Waals surface area (Å²) in [6, 6.07) is 4.87. The second kappa shape index (κ2) is 11.5. The van der Waals surface area contributed by atoms with Crippen LogP contribution in [0, 0.1) is 22.0 Å². The van der Waals surface area contributed by atoms with Crippen molar-refractivity contribution in [2.45, 2.75) is 53.0 Å². The minimum atomic E-state index is -0.970. The Hall–Kier alpha value is -3.56. The highest BCUT2D eigenvalue weighted by Gasteiger charge is 2.42. The number of amides is 1. The molecule has 10 nitrogen and oxygen atoms in total. The van der Waals surface area contributed by atoms with Crippen molar-refractivity contribution < 1.29 is 28.8 Å². The van der Waals surface area contributed by atoms with Crippen LogP contribution in [0.1, 0.15) is 52.5 Å². The first-order valence-corrected chi connectivity index (χ1v) is 11.1. The summed E-state index contributed by atoms with van der Waals surface area (Å²) in [7, 11) is 1.23. The smallest absolute Gasteiger partial charge is 0.328 e. The van der Waals surface area contributed by atoms with E-state index >= 15 is 0 Å². The van der Waals surface area contributed by atoms with Crippen LogP contribution in [0.3, 0.4) is 0 Å². The van der Waals surface area contributed by atoms with Gasteiger partial charge in [0.15, 0.2) is 0 Å². The lowest BCUT2D eigenvalue weighted by atomic mass is 9.75. The molecule has 3 atom stereocenters. The number of non-ortho nitro benzene ring substituents is 1. The molecule has 1 amide bonds. The van der Waals surface area contributed by atoms with E-state index in [1.807, 2.05) is 13.8 Å². The largest absolute Gasteiger partial charge is 0.468 e. The van der Waals surface area contributed by atoms with Crippen molar-refractivity contribution in [1.29, 1.82) is 0 Å². The Kier molecular flexibility index (Phi) is 9.05. The van der Waals surface area contributed by atoms with Gasteiger partial charge >= 0.3 is 11.9 Å². The summed E-state index contributed by atoms with van der Waals surface area (Å²) in [6.07, 6.45) is 0.348. The molecule has 34 heavy (non-hydrogen) atoms. The van der Waals surface area contributed by atoms with Crippen molar-refractivity contribution >= 4 is 29.2 Å². The Labute approximate surface area is 198 Å². The predicted octanol–water partition coefficient (Wildman–Crippen LogP) is 3.31. The van der Waals surface area contributed by atoms with Gasteiger partial charge in [-0.3, -0.25) is 24.7 Å². The molecular formula is C24H31N3O7. The van der Waals surface area contributed by atoms with Crippen molar-refractivity contribution in [2.75, 3.05) is 13.7 Å². The number of nitrogens with one attached hydrogen (secondary N) is 1. The van der Waals surface area contributed by atoms with Gasteiger partial charge in [0.25, 0.3) is 5.69 Å². The van der Waals surface area contributed by atoms with Crippen LogP contribution in [0.4, 0.5) is 5.69 Å². The van der Waals surface area contributed by atoms with Gasteiger partial charge in [0.1, 0.15) is 12.0 Å². The molecule has 1 aliphatic rings. The Morgan fingerprint density at radius 3 is 2.47 bits per heavy atom. The minimum Gasteiger partial charge on any atom is -0.468 e. The zero-order valence-corrected chi connectivity index (χ0v) is 20.3. The van der Waals surface area contributed by atoms with Gasteiger partial charge in [0.2, 0.25) is 5.91 Å². The van der Waals surface area contributed by atoms with Gasteiger partial charge in [-0.1, -0.05) is 26.0 Å². The average Bonchev–Trinajstić information content (AvgIpc) is 2.77. The molecule has 0 fully saturated rings. The fourth-order valence-electron chi connectivity index (χ4n) is 4.12. The quantitative estimate of drug-likeness (QED) is 0.330. The number of nitro groups is 1. The van der Waals surface area contributed by atoms with Crippen LogP contribution in [0.5, 0.6) is 0 Å². The molecule has 0 aromatic heterocycles. The Morgan fingerprint density at radius 2 is 1.91 bits per heavy atom. The van der Waals surface area contributed by atoms with Crippen molar-refractivity contribution in [3.05, 3.63) is 51.2 Å². The van der Waals surface area contributed by atoms with E-state index in [1.54, 1.807) is 26.8 Å². The second-order valence-electron chi connectivity index (χ2n) is 8.49. The summed E-state index contributed by atoms with van der Waals surface area (Å²) in [4.78, 5) is 54.0. The van der Waals surface area contributed by atoms with E-state index in [4.69, 9.17) is 9.47 Å². The van der Waals surface area contributed by atoms with Gasteiger partial charge < -0.3 is 14.8 Å². The molecule has 0 radical (unpaired) electrons. The monoisotopic (exact) mass is 473 g/mol. The number of allylic oxidation sites excluding steroid dienone is 1. The standard InChI is InChI=1S/C24H31N3O7/c1-7-34-23(29)18(11-13(2)3)26-22(28)19-14(4)25-15(5)20(24(30)33-6)21(19)16-9-8-10-17(12-16)27(31)32/h8-10,12-13,18,20-21H,7,11H2,1-6H3,(H,26,28)/t18-,20?,21-/m1/s1. The van der Waals surface area contributed by atoms with Crippen molar-refractivity contribution in [3.63, 3.8) is 0 Å². The fourth-order valence-corrected chi connectivity index (χ4v) is 4.12. The van der Waals surface area contributed by atoms with Gasteiger partial charge in [-0.25, -0.2) is 4.79 Å². The summed E-state index contributed by atoms with van der Waals surface area (Å²) in [5, 5.41) is 14.1. The molecule has 0 spiro atoms. The minimum absolute atomic E-state index is 0.0896. The second-order valence-corrected chi connectivity index (χ2v) is 8.49. The number of hydrogen-bond donors (Lipinski definition) is 1. The van der Waals surface area contributed by atoms with E-state index in [0.29, 0.717) is 23.4 Å². The number of rotatable bonds is 9. The molecule has 0 saturated heterocycles. The van der Waals surface area contributed by atoms with Crippen LogP contribution in [0.2, 0.25) is 0 Å². The Morgan fingerprint density at radius 1 is 1.24 bits per heavy atom. The number of esters is 2. The first-order chi connectivity index (χ1) is 16.0. The van der Waals surface area contributed by atoms with E-state index in [1.165, 1.54) is 25.3 Å². The normalized spacial score (nSPS) is 18.7. The maximum Gasteiger partial charge on any atom is 0.328 e.